The minimum Gasteiger partial charge on any atom is -0.339 e. The quantitative estimate of drug-likeness (QED) is 0.888. The van der Waals surface area contributed by atoms with Crippen LogP contribution in [0.3, 0.4) is 0 Å². The Hall–Kier alpha value is -2.13. The maximum absolute atomic E-state index is 12.3. The van der Waals surface area contributed by atoms with E-state index in [-0.39, 0.29) is 11.9 Å². The van der Waals surface area contributed by atoms with Gasteiger partial charge in [-0.1, -0.05) is 11.3 Å². The fraction of sp³-hybridized carbons (Fsp3) is 0.500. The van der Waals surface area contributed by atoms with E-state index in [1.165, 1.54) is 11.3 Å². The molecule has 3 heterocycles. The van der Waals surface area contributed by atoms with Crippen molar-refractivity contribution in [1.29, 1.82) is 0 Å². The zero-order chi connectivity index (χ0) is 16.1. The molecular weight excluding hydrogens is 314 g/mol. The van der Waals surface area contributed by atoms with E-state index in [1.807, 2.05) is 13.0 Å². The van der Waals surface area contributed by atoms with Crippen LogP contribution in [-0.4, -0.2) is 63.2 Å². The molecule has 0 aliphatic carbocycles. The molecule has 122 valence electrons. The lowest BCUT2D eigenvalue weighted by molar-refractivity contribution is -0.120. The van der Waals surface area contributed by atoms with Gasteiger partial charge >= 0.3 is 0 Å². The van der Waals surface area contributed by atoms with Crippen LogP contribution >= 0.6 is 11.3 Å². The SMILES string of the molecule is C[C@@H](C(=O)Nc1nncs1)N1CCCN(c2ncccn2)CC1. The first-order valence-electron chi connectivity index (χ1n) is 7.57. The van der Waals surface area contributed by atoms with Gasteiger partial charge in [-0.25, -0.2) is 9.97 Å². The molecule has 1 saturated heterocycles. The molecule has 2 aromatic rings. The van der Waals surface area contributed by atoms with Crippen LogP contribution in [0.5, 0.6) is 0 Å². The summed E-state index contributed by atoms with van der Waals surface area (Å²) in [6.45, 7) is 5.29. The second-order valence-electron chi connectivity index (χ2n) is 5.33. The van der Waals surface area contributed by atoms with Crippen LogP contribution in [0.1, 0.15) is 13.3 Å². The molecule has 0 aromatic carbocycles. The highest BCUT2D eigenvalue weighted by Gasteiger charge is 2.25. The van der Waals surface area contributed by atoms with Crippen molar-refractivity contribution >= 4 is 28.3 Å². The lowest BCUT2D eigenvalue weighted by atomic mass is 10.2. The standard InChI is InChI=1S/C14H19N7OS/c1-11(12(22)18-14-19-17-10-23-14)20-6-3-7-21(9-8-20)13-15-4-2-5-16-13/h2,4-5,10-11H,3,6-9H2,1H3,(H,18,19,22)/t11-/m0/s1. The van der Waals surface area contributed by atoms with Crippen molar-refractivity contribution in [2.75, 3.05) is 36.4 Å². The largest absolute Gasteiger partial charge is 0.339 e. The molecule has 2 aromatic heterocycles. The third kappa shape index (κ3) is 3.99. The van der Waals surface area contributed by atoms with Gasteiger partial charge in [0.2, 0.25) is 17.0 Å². The lowest BCUT2D eigenvalue weighted by Gasteiger charge is -2.26. The monoisotopic (exact) mass is 333 g/mol. The summed E-state index contributed by atoms with van der Waals surface area (Å²) in [5.74, 6) is 0.700. The van der Waals surface area contributed by atoms with Crippen LogP contribution < -0.4 is 10.2 Å². The smallest absolute Gasteiger partial charge is 0.243 e. The molecular formula is C14H19N7OS. The summed E-state index contributed by atoms with van der Waals surface area (Å²) in [5.41, 5.74) is 1.60. The fourth-order valence-corrected chi connectivity index (χ4v) is 3.03. The molecule has 23 heavy (non-hydrogen) atoms. The van der Waals surface area contributed by atoms with Gasteiger partial charge in [0.25, 0.3) is 0 Å². The number of amides is 1. The normalized spacial score (nSPS) is 17.5. The number of aromatic nitrogens is 4. The minimum atomic E-state index is -0.212. The number of nitrogens with zero attached hydrogens (tertiary/aromatic N) is 6. The first-order chi connectivity index (χ1) is 11.2. The Labute approximate surface area is 138 Å². The average molecular weight is 333 g/mol. The molecule has 1 N–H and O–H groups in total. The molecule has 9 heteroatoms. The second-order valence-corrected chi connectivity index (χ2v) is 6.17. The summed E-state index contributed by atoms with van der Waals surface area (Å²) in [6, 6.07) is 1.60. The second kappa shape index (κ2) is 7.42. The number of anilines is 2. The Balaban J connectivity index is 1.58. The molecule has 0 unspecified atom stereocenters. The number of rotatable bonds is 4. The van der Waals surface area contributed by atoms with Crippen molar-refractivity contribution in [2.24, 2.45) is 0 Å². The molecule has 3 rings (SSSR count). The van der Waals surface area contributed by atoms with Crippen molar-refractivity contribution in [2.45, 2.75) is 19.4 Å². The maximum atomic E-state index is 12.3. The van der Waals surface area contributed by atoms with Crippen molar-refractivity contribution in [3.8, 4) is 0 Å². The Kier molecular flexibility index (Phi) is 5.09. The summed E-state index contributed by atoms with van der Waals surface area (Å²) in [4.78, 5) is 25.3. The van der Waals surface area contributed by atoms with Crippen LogP contribution in [0.15, 0.2) is 24.0 Å². The number of carbonyl (C=O) groups is 1. The van der Waals surface area contributed by atoms with Crippen LogP contribution in [0, 0.1) is 0 Å². The van der Waals surface area contributed by atoms with E-state index in [4.69, 9.17) is 0 Å². The van der Waals surface area contributed by atoms with Crippen molar-refractivity contribution < 1.29 is 4.79 Å². The molecule has 1 aliphatic rings. The Bertz CT molecular complexity index is 621. The van der Waals surface area contributed by atoms with Gasteiger partial charge in [-0.05, 0) is 19.4 Å². The third-order valence-electron chi connectivity index (χ3n) is 3.88. The molecule has 1 aliphatic heterocycles. The maximum Gasteiger partial charge on any atom is 0.243 e. The lowest BCUT2D eigenvalue weighted by Crippen LogP contribution is -2.44. The first kappa shape index (κ1) is 15.8. The summed E-state index contributed by atoms with van der Waals surface area (Å²) in [7, 11) is 0. The number of hydrogen-bond donors (Lipinski definition) is 1. The van der Waals surface area contributed by atoms with E-state index >= 15 is 0 Å². The van der Waals surface area contributed by atoms with Gasteiger partial charge in [0.15, 0.2) is 0 Å². The van der Waals surface area contributed by atoms with E-state index < -0.39 is 0 Å². The first-order valence-corrected chi connectivity index (χ1v) is 8.45. The highest BCUT2D eigenvalue weighted by atomic mass is 32.1. The summed E-state index contributed by atoms with van der Waals surface area (Å²) in [5, 5.41) is 10.9. The zero-order valence-electron chi connectivity index (χ0n) is 12.9. The van der Waals surface area contributed by atoms with Gasteiger partial charge in [-0.2, -0.15) is 0 Å². The van der Waals surface area contributed by atoms with Gasteiger partial charge in [0.1, 0.15) is 5.51 Å². The van der Waals surface area contributed by atoms with E-state index in [0.717, 1.165) is 38.5 Å². The highest BCUT2D eigenvalue weighted by Crippen LogP contribution is 2.14. The Morgan fingerprint density at radius 3 is 2.83 bits per heavy atom. The average Bonchev–Trinajstić information content (AvgIpc) is 2.96. The van der Waals surface area contributed by atoms with E-state index in [1.54, 1.807) is 17.9 Å². The van der Waals surface area contributed by atoms with Crippen LogP contribution in [0.2, 0.25) is 0 Å². The predicted molar refractivity (Wildman–Crippen MR) is 88.4 cm³/mol. The summed E-state index contributed by atoms with van der Waals surface area (Å²) < 4.78 is 0. The fourth-order valence-electron chi connectivity index (χ4n) is 2.58. The van der Waals surface area contributed by atoms with Gasteiger partial charge in [0.05, 0.1) is 6.04 Å². The summed E-state index contributed by atoms with van der Waals surface area (Å²) in [6.07, 6.45) is 4.47. The highest BCUT2D eigenvalue weighted by molar-refractivity contribution is 7.13. The zero-order valence-corrected chi connectivity index (χ0v) is 13.7. The van der Waals surface area contributed by atoms with E-state index in [9.17, 15) is 4.79 Å². The van der Waals surface area contributed by atoms with Crippen LogP contribution in [0.4, 0.5) is 11.1 Å². The van der Waals surface area contributed by atoms with Crippen LogP contribution in [0.25, 0.3) is 0 Å². The molecule has 1 fully saturated rings. The molecule has 0 radical (unpaired) electrons. The van der Waals surface area contributed by atoms with Gasteiger partial charge in [0, 0.05) is 38.6 Å². The topological polar surface area (TPSA) is 87.1 Å². The number of hydrogen-bond acceptors (Lipinski definition) is 8. The van der Waals surface area contributed by atoms with Crippen molar-refractivity contribution in [3.63, 3.8) is 0 Å². The number of carbonyl (C=O) groups excluding carboxylic acids is 1. The molecule has 0 spiro atoms. The molecule has 8 nitrogen and oxygen atoms in total. The third-order valence-corrected chi connectivity index (χ3v) is 4.49. The Morgan fingerprint density at radius 1 is 1.26 bits per heavy atom. The summed E-state index contributed by atoms with van der Waals surface area (Å²) >= 11 is 1.32. The Morgan fingerprint density at radius 2 is 2.09 bits per heavy atom. The van der Waals surface area contributed by atoms with Gasteiger partial charge in [-0.15, -0.1) is 10.2 Å². The van der Waals surface area contributed by atoms with Crippen LogP contribution in [-0.2, 0) is 4.79 Å². The number of nitrogens with one attached hydrogen (secondary N) is 1. The van der Waals surface area contributed by atoms with Gasteiger partial charge in [-0.3, -0.25) is 15.0 Å². The van der Waals surface area contributed by atoms with Gasteiger partial charge < -0.3 is 4.90 Å². The van der Waals surface area contributed by atoms with E-state index in [0.29, 0.717) is 5.13 Å². The minimum absolute atomic E-state index is 0.0499. The van der Waals surface area contributed by atoms with Crippen molar-refractivity contribution in [1.82, 2.24) is 25.1 Å². The van der Waals surface area contributed by atoms with Crippen molar-refractivity contribution in [3.05, 3.63) is 24.0 Å². The predicted octanol–water partition coefficient (Wildman–Crippen LogP) is 0.867. The molecule has 1 amide bonds. The molecule has 0 saturated carbocycles. The molecule has 1 atom stereocenters. The van der Waals surface area contributed by atoms with E-state index in [2.05, 4.69) is 35.3 Å². The molecule has 0 bridgehead atoms.